The molecule has 1 N–H and O–H groups in total. The Morgan fingerprint density at radius 1 is 1.17 bits per heavy atom. The van der Waals surface area contributed by atoms with Crippen LogP contribution < -0.4 is 4.74 Å². The summed E-state index contributed by atoms with van der Waals surface area (Å²) < 4.78 is 37.4. The molecule has 3 rings (SSSR count). The zero-order chi connectivity index (χ0) is 16.4. The van der Waals surface area contributed by atoms with Gasteiger partial charge in [0.15, 0.2) is 5.76 Å². The molecule has 4 nitrogen and oxygen atoms in total. The molecule has 0 fully saturated rings. The molecule has 2 aromatic carbocycles. The van der Waals surface area contributed by atoms with E-state index in [1.54, 1.807) is 24.3 Å². The van der Waals surface area contributed by atoms with Crippen LogP contribution in [-0.4, -0.2) is 17.4 Å². The second kappa shape index (κ2) is 6.18. The zero-order valence-electron chi connectivity index (χ0n) is 12.2. The molecule has 3 aromatic rings. The highest BCUT2D eigenvalue weighted by molar-refractivity contribution is 5.73. The van der Waals surface area contributed by atoms with Crippen LogP contribution in [0.4, 0.5) is 8.78 Å². The van der Waals surface area contributed by atoms with Gasteiger partial charge in [-0.2, -0.15) is 0 Å². The Hall–Kier alpha value is -2.73. The van der Waals surface area contributed by atoms with Gasteiger partial charge < -0.3 is 14.4 Å². The molecule has 0 unspecified atom stereocenters. The van der Waals surface area contributed by atoms with Crippen LogP contribution in [0.2, 0.25) is 0 Å². The van der Waals surface area contributed by atoms with Crippen molar-refractivity contribution in [2.24, 2.45) is 0 Å². The molecule has 0 amide bonds. The Balaban J connectivity index is 2.13. The summed E-state index contributed by atoms with van der Waals surface area (Å²) in [6, 6.07) is 10.1. The van der Waals surface area contributed by atoms with Gasteiger partial charge in [0.1, 0.15) is 23.1 Å². The van der Waals surface area contributed by atoms with E-state index < -0.39 is 18.2 Å². The number of benzene rings is 2. The number of ether oxygens (including phenoxy) is 1. The first kappa shape index (κ1) is 15.2. The highest BCUT2D eigenvalue weighted by Gasteiger charge is 2.21. The number of aliphatic hydroxyl groups excluding tert-OH is 1. The van der Waals surface area contributed by atoms with Gasteiger partial charge in [-0.15, -0.1) is 0 Å². The molecule has 1 heterocycles. The van der Waals surface area contributed by atoms with Gasteiger partial charge in [0.25, 0.3) is 0 Å². The van der Waals surface area contributed by atoms with Crippen LogP contribution in [0, 0.1) is 11.6 Å². The summed E-state index contributed by atoms with van der Waals surface area (Å²) in [7, 11) is 1.53. The molecule has 1 aromatic heterocycles. The number of hydrogen-bond acceptors (Lipinski definition) is 4. The predicted octanol–water partition coefficient (Wildman–Crippen LogP) is 3.79. The first-order valence-corrected chi connectivity index (χ1v) is 6.83. The Morgan fingerprint density at radius 3 is 2.70 bits per heavy atom. The normalized spacial score (nSPS) is 10.8. The monoisotopic (exact) mass is 317 g/mol. The molecule has 0 aliphatic rings. The van der Waals surface area contributed by atoms with Crippen LogP contribution in [0.1, 0.15) is 5.56 Å². The third-order valence-electron chi connectivity index (χ3n) is 3.46. The lowest BCUT2D eigenvalue weighted by molar-refractivity contribution is 0.281. The average molecular weight is 317 g/mol. The molecule has 0 saturated carbocycles. The van der Waals surface area contributed by atoms with E-state index in [1.165, 1.54) is 13.2 Å². The molecule has 0 saturated heterocycles. The van der Waals surface area contributed by atoms with Crippen LogP contribution in [0.15, 0.2) is 47.0 Å². The molecule has 6 heteroatoms. The summed E-state index contributed by atoms with van der Waals surface area (Å²) in [6.07, 6.45) is 0. The smallest absolute Gasteiger partial charge is 0.173 e. The zero-order valence-corrected chi connectivity index (χ0v) is 12.2. The quantitative estimate of drug-likeness (QED) is 0.795. The highest BCUT2D eigenvalue weighted by atomic mass is 19.1. The largest absolute Gasteiger partial charge is 0.497 e. The minimum Gasteiger partial charge on any atom is -0.497 e. The van der Waals surface area contributed by atoms with E-state index in [9.17, 15) is 13.9 Å². The standard InChI is InChI=1S/C17H13F2NO3/c1-22-12-4-2-3-10(7-12)17-14(9-21)16(20-23-17)13-6-5-11(18)8-15(13)19/h2-8,21H,9H2,1H3. The number of halogens is 2. The molecule has 0 atom stereocenters. The third kappa shape index (κ3) is 2.80. The Labute approximate surface area is 130 Å². The van der Waals surface area contributed by atoms with Crippen LogP contribution in [0.5, 0.6) is 5.75 Å². The predicted molar refractivity (Wildman–Crippen MR) is 79.8 cm³/mol. The fourth-order valence-corrected chi connectivity index (χ4v) is 2.34. The molecular weight excluding hydrogens is 304 g/mol. The topological polar surface area (TPSA) is 55.5 Å². The summed E-state index contributed by atoms with van der Waals surface area (Å²) in [6.45, 7) is -0.401. The molecule has 0 aliphatic carbocycles. The summed E-state index contributed by atoms with van der Waals surface area (Å²) in [5.41, 5.74) is 1.16. The molecule has 23 heavy (non-hydrogen) atoms. The number of methoxy groups -OCH3 is 1. The van der Waals surface area contributed by atoms with Gasteiger partial charge in [0.2, 0.25) is 0 Å². The van der Waals surface area contributed by atoms with E-state index in [0.717, 1.165) is 12.1 Å². The molecule has 0 radical (unpaired) electrons. The fraction of sp³-hybridized carbons (Fsp3) is 0.118. The minimum absolute atomic E-state index is 0.0633. The van der Waals surface area contributed by atoms with E-state index in [4.69, 9.17) is 9.26 Å². The van der Waals surface area contributed by atoms with Crippen molar-refractivity contribution in [3.63, 3.8) is 0 Å². The van der Waals surface area contributed by atoms with E-state index in [-0.39, 0.29) is 11.3 Å². The first-order chi connectivity index (χ1) is 11.1. The summed E-state index contributed by atoms with van der Waals surface area (Å²) in [5, 5.41) is 13.5. The number of aliphatic hydroxyl groups is 1. The van der Waals surface area contributed by atoms with E-state index in [2.05, 4.69) is 5.16 Å². The number of rotatable bonds is 4. The molecule has 0 spiro atoms. The van der Waals surface area contributed by atoms with Crippen molar-refractivity contribution < 1.29 is 23.1 Å². The van der Waals surface area contributed by atoms with Crippen molar-refractivity contribution in [1.82, 2.24) is 5.16 Å². The SMILES string of the molecule is COc1cccc(-c2onc(-c3ccc(F)cc3F)c2CO)c1. The molecular formula is C17H13F2NO3. The second-order valence-electron chi connectivity index (χ2n) is 4.85. The van der Waals surface area contributed by atoms with Crippen LogP contribution >= 0.6 is 0 Å². The van der Waals surface area contributed by atoms with Crippen molar-refractivity contribution in [3.8, 4) is 28.3 Å². The van der Waals surface area contributed by atoms with Gasteiger partial charge in [-0.1, -0.05) is 17.3 Å². The number of nitrogens with zero attached hydrogens (tertiary/aromatic N) is 1. The van der Waals surface area contributed by atoms with Gasteiger partial charge in [0, 0.05) is 17.2 Å². The maximum absolute atomic E-state index is 14.0. The number of aromatic nitrogens is 1. The molecule has 118 valence electrons. The Morgan fingerprint density at radius 2 is 2.00 bits per heavy atom. The molecule has 0 aliphatic heterocycles. The Bertz CT molecular complexity index is 846. The van der Waals surface area contributed by atoms with Crippen molar-refractivity contribution in [2.45, 2.75) is 6.61 Å². The van der Waals surface area contributed by atoms with Crippen molar-refractivity contribution in [3.05, 3.63) is 59.7 Å². The maximum atomic E-state index is 14.0. The lowest BCUT2D eigenvalue weighted by atomic mass is 10.0. The van der Waals surface area contributed by atoms with Crippen molar-refractivity contribution in [2.75, 3.05) is 7.11 Å². The first-order valence-electron chi connectivity index (χ1n) is 6.83. The van der Waals surface area contributed by atoms with Crippen molar-refractivity contribution >= 4 is 0 Å². The molecule has 0 bridgehead atoms. The fourth-order valence-electron chi connectivity index (χ4n) is 2.34. The van der Waals surface area contributed by atoms with Gasteiger partial charge in [-0.3, -0.25) is 0 Å². The van der Waals surface area contributed by atoms with Gasteiger partial charge in [0.05, 0.1) is 19.3 Å². The third-order valence-corrected chi connectivity index (χ3v) is 3.46. The van der Waals surface area contributed by atoms with Gasteiger partial charge in [-0.25, -0.2) is 8.78 Å². The van der Waals surface area contributed by atoms with Crippen LogP contribution in [-0.2, 0) is 6.61 Å². The Kier molecular flexibility index (Phi) is 4.08. The van der Waals surface area contributed by atoms with Crippen LogP contribution in [0.3, 0.4) is 0 Å². The number of hydrogen-bond donors (Lipinski definition) is 1. The second-order valence-corrected chi connectivity index (χ2v) is 4.85. The summed E-state index contributed by atoms with van der Waals surface area (Å²) in [5.74, 6) is -0.541. The highest BCUT2D eigenvalue weighted by Crippen LogP contribution is 2.34. The van der Waals surface area contributed by atoms with Crippen LogP contribution in [0.25, 0.3) is 22.6 Å². The van der Waals surface area contributed by atoms with Crippen molar-refractivity contribution in [1.29, 1.82) is 0 Å². The van der Waals surface area contributed by atoms with E-state index >= 15 is 0 Å². The lowest BCUT2D eigenvalue weighted by Crippen LogP contribution is -1.92. The summed E-state index contributed by atoms with van der Waals surface area (Å²) in [4.78, 5) is 0. The van der Waals surface area contributed by atoms with Gasteiger partial charge in [-0.05, 0) is 24.3 Å². The minimum atomic E-state index is -0.773. The van der Waals surface area contributed by atoms with E-state index in [1.807, 2.05) is 0 Å². The lowest BCUT2D eigenvalue weighted by Gasteiger charge is -2.04. The summed E-state index contributed by atoms with van der Waals surface area (Å²) >= 11 is 0. The average Bonchev–Trinajstić information content (AvgIpc) is 2.98. The van der Waals surface area contributed by atoms with E-state index in [0.29, 0.717) is 22.6 Å². The van der Waals surface area contributed by atoms with Gasteiger partial charge >= 0.3 is 0 Å². The maximum Gasteiger partial charge on any atom is 0.173 e.